The number of rotatable bonds is 4. The molecule has 0 amide bonds. The van der Waals surface area contributed by atoms with Crippen molar-refractivity contribution in [1.82, 2.24) is 4.98 Å². The molecule has 0 aliphatic carbocycles. The molecule has 0 saturated heterocycles. The second-order valence-electron chi connectivity index (χ2n) is 19.4. The molecule has 1 aromatic heterocycles. The average molecular weight is 878 g/mol. The molecule has 4 aromatic rings. The Balaban J connectivity index is 0.00000121. The Morgan fingerprint density at radius 3 is 1.51 bits per heavy atom. The molecule has 0 spiro atoms. The van der Waals surface area contributed by atoms with Gasteiger partial charge in [0, 0.05) is 25.8 Å². The van der Waals surface area contributed by atoms with Crippen LogP contribution in [0.25, 0.3) is 38.1 Å². The standard InChI is InChI=1S/C31H37N2.3C4H11Si.Hf/c1-20(2)19-32-28-11-9-10-27(33-28)29-25-15-14-23(30(3,4)5)17-22(25)16-21-12-13-24(18-26(21)29)31(6,7)8;3*1-5(2,3)4;/h9-18,20H,19H2,1-8H3;3*1H2,2-4H3;/q4*-1;. The van der Waals surface area contributed by atoms with Crippen LogP contribution in [0, 0.1) is 25.6 Å². The first-order chi connectivity index (χ1) is 21.4. The van der Waals surface area contributed by atoms with E-state index in [0.717, 1.165) is 18.1 Å². The molecule has 0 atom stereocenters. The Hall–Kier alpha value is -1.35. The van der Waals surface area contributed by atoms with Crippen molar-refractivity contribution in [2.75, 3.05) is 6.54 Å². The Bertz CT molecular complexity index is 1550. The van der Waals surface area contributed by atoms with Crippen molar-refractivity contribution < 1.29 is 25.8 Å². The molecule has 0 saturated carbocycles. The van der Waals surface area contributed by atoms with Crippen molar-refractivity contribution in [1.29, 1.82) is 0 Å². The fourth-order valence-corrected chi connectivity index (χ4v) is 4.26. The molecule has 2 nitrogen and oxygen atoms in total. The largest absolute Gasteiger partial charge is 0.465 e. The van der Waals surface area contributed by atoms with E-state index in [1.54, 1.807) is 0 Å². The predicted octanol–water partition coefficient (Wildman–Crippen LogP) is 14.4. The molecule has 0 bridgehead atoms. The normalized spacial score (nSPS) is 12.2. The van der Waals surface area contributed by atoms with Gasteiger partial charge in [-0.1, -0.05) is 169 Å². The minimum absolute atomic E-state index is 0. The smallest absolute Gasteiger partial charge is 0 e. The van der Waals surface area contributed by atoms with Crippen molar-refractivity contribution in [2.24, 2.45) is 5.92 Å². The molecule has 4 rings (SSSR count). The van der Waals surface area contributed by atoms with Crippen LogP contribution in [-0.2, 0) is 36.7 Å². The van der Waals surface area contributed by atoms with Gasteiger partial charge < -0.3 is 29.9 Å². The van der Waals surface area contributed by atoms with E-state index in [0.29, 0.717) is 5.92 Å². The number of hydrogen-bond acceptors (Lipinski definition) is 1. The fourth-order valence-electron chi connectivity index (χ4n) is 4.26. The molecule has 1 heterocycles. The zero-order chi connectivity index (χ0) is 37.5. The Morgan fingerprint density at radius 2 is 1.06 bits per heavy atom. The molecular weight excluding hydrogens is 807 g/mol. The van der Waals surface area contributed by atoms with Gasteiger partial charge in [0.1, 0.15) is 0 Å². The molecule has 0 unspecified atom stereocenters. The minimum atomic E-state index is -0.861. The Labute approximate surface area is 325 Å². The Morgan fingerprint density at radius 1 is 0.612 bits per heavy atom. The molecule has 0 fully saturated rings. The number of benzene rings is 3. The summed E-state index contributed by atoms with van der Waals surface area (Å²) in [6, 6.07) is 22.4. The quantitative estimate of drug-likeness (QED) is 0.114. The van der Waals surface area contributed by atoms with Gasteiger partial charge in [-0.2, -0.15) is 0 Å². The van der Waals surface area contributed by atoms with Gasteiger partial charge in [0.05, 0.1) is 0 Å². The van der Waals surface area contributed by atoms with Crippen molar-refractivity contribution in [3.63, 3.8) is 0 Å². The van der Waals surface area contributed by atoms with Crippen LogP contribution in [-0.4, -0.2) is 35.8 Å². The van der Waals surface area contributed by atoms with Gasteiger partial charge in [-0.3, -0.25) is 0 Å². The fraction of sp³-hybridized carbons (Fsp3) is 0.488. The summed E-state index contributed by atoms with van der Waals surface area (Å²) < 4.78 is 0. The summed E-state index contributed by atoms with van der Waals surface area (Å²) in [5.74, 6) is 1.32. The van der Waals surface area contributed by atoms with Gasteiger partial charge in [-0.15, -0.1) is 24.2 Å². The second kappa shape index (κ2) is 18.9. The van der Waals surface area contributed by atoms with Crippen molar-refractivity contribution in [2.45, 2.75) is 125 Å². The predicted molar refractivity (Wildman–Crippen MR) is 231 cm³/mol. The van der Waals surface area contributed by atoms with Gasteiger partial charge in [0.25, 0.3) is 0 Å². The third-order valence-corrected chi connectivity index (χ3v) is 6.30. The second-order valence-corrected chi connectivity index (χ2v) is 34.8. The molecule has 49 heavy (non-hydrogen) atoms. The molecular formula is C43H70HfN2Si3-4. The summed E-state index contributed by atoms with van der Waals surface area (Å²) in [5.41, 5.74) is 5.06. The number of fused-ring (bicyclic) bond motifs is 2. The van der Waals surface area contributed by atoms with E-state index in [4.69, 9.17) is 10.3 Å². The monoisotopic (exact) mass is 878 g/mol. The minimum Gasteiger partial charge on any atom is -0.465 e. The summed E-state index contributed by atoms with van der Waals surface area (Å²) in [6.45, 7) is 50.5. The molecule has 0 aliphatic rings. The van der Waals surface area contributed by atoms with E-state index < -0.39 is 24.2 Å². The van der Waals surface area contributed by atoms with Gasteiger partial charge in [-0.05, 0) is 79.4 Å². The van der Waals surface area contributed by atoms with Crippen LogP contribution < -0.4 is 0 Å². The Kier molecular flexibility index (Phi) is 18.4. The van der Waals surface area contributed by atoms with Crippen molar-refractivity contribution in [3.05, 3.63) is 96.7 Å². The van der Waals surface area contributed by atoms with E-state index in [1.807, 2.05) is 6.07 Å². The summed E-state index contributed by atoms with van der Waals surface area (Å²) >= 11 is 0. The van der Waals surface area contributed by atoms with Crippen LogP contribution in [0.1, 0.15) is 66.5 Å². The average Bonchev–Trinajstić information content (AvgIpc) is 2.86. The van der Waals surface area contributed by atoms with Crippen LogP contribution in [0.2, 0.25) is 58.9 Å². The summed E-state index contributed by atoms with van der Waals surface area (Å²) in [5, 5.41) is 9.76. The number of hydrogen-bond donors (Lipinski definition) is 0. The van der Waals surface area contributed by atoms with Crippen LogP contribution in [0.5, 0.6) is 0 Å². The van der Waals surface area contributed by atoms with Crippen molar-refractivity contribution in [3.8, 4) is 11.3 Å². The molecule has 0 N–H and O–H groups in total. The number of pyridine rings is 1. The number of nitrogens with zero attached hydrogens (tertiary/aromatic N) is 2. The van der Waals surface area contributed by atoms with Crippen molar-refractivity contribution >= 4 is 51.6 Å². The van der Waals surface area contributed by atoms with Gasteiger partial charge >= 0.3 is 0 Å². The summed E-state index contributed by atoms with van der Waals surface area (Å²) in [4.78, 5) is 5.01. The first-order valence-electron chi connectivity index (χ1n) is 17.7. The zero-order valence-electron chi connectivity index (χ0n) is 34.6. The zero-order valence-corrected chi connectivity index (χ0v) is 41.2. The van der Waals surface area contributed by atoms with E-state index >= 15 is 0 Å². The number of aromatic nitrogens is 1. The maximum Gasteiger partial charge on any atom is 0 e. The van der Waals surface area contributed by atoms with Crippen LogP contribution in [0.3, 0.4) is 0 Å². The molecule has 272 valence electrons. The van der Waals surface area contributed by atoms with Gasteiger partial charge in [-0.25, -0.2) is 0 Å². The van der Waals surface area contributed by atoms with E-state index in [2.05, 4.69) is 189 Å². The van der Waals surface area contributed by atoms with Crippen LogP contribution in [0.15, 0.2) is 60.7 Å². The molecule has 0 aliphatic heterocycles. The molecule has 6 heteroatoms. The van der Waals surface area contributed by atoms with Gasteiger partial charge in [0.2, 0.25) is 0 Å². The van der Waals surface area contributed by atoms with Crippen LogP contribution >= 0.6 is 0 Å². The van der Waals surface area contributed by atoms with E-state index in [-0.39, 0.29) is 36.7 Å². The summed E-state index contributed by atoms with van der Waals surface area (Å²) in [7, 11) is -2.58. The third-order valence-electron chi connectivity index (χ3n) is 6.30. The molecule has 0 radical (unpaired) electrons. The van der Waals surface area contributed by atoms with Crippen LogP contribution in [0.4, 0.5) is 5.82 Å². The van der Waals surface area contributed by atoms with E-state index in [9.17, 15) is 0 Å². The maximum atomic E-state index is 5.01. The maximum absolute atomic E-state index is 5.01. The molecule has 3 aromatic carbocycles. The summed E-state index contributed by atoms with van der Waals surface area (Å²) in [6.07, 6.45) is 0. The SMILES string of the molecule is CC(C)C[N-]c1cccc(-c2c3ccc(C(C)(C)C)cc3cc3ccc(C(C)(C)C)cc23)n1.[CH2-][Si](C)(C)C.[CH2-][Si](C)(C)C.[CH2-][Si](C)(C)C.[Hf]. The first kappa shape index (κ1) is 47.7. The van der Waals surface area contributed by atoms with E-state index in [1.165, 1.54) is 38.2 Å². The van der Waals surface area contributed by atoms with Gasteiger partial charge in [0.15, 0.2) is 0 Å². The topological polar surface area (TPSA) is 27.0 Å². The third kappa shape index (κ3) is 20.3. The first-order valence-corrected chi connectivity index (χ1v) is 28.8.